The van der Waals surface area contributed by atoms with Crippen LogP contribution in [0.2, 0.25) is 0 Å². The van der Waals surface area contributed by atoms with Gasteiger partial charge in [-0.15, -0.1) is 0 Å². The normalized spacial score (nSPS) is 27.4. The fraction of sp³-hybridized carbons (Fsp3) is 0.778. The highest BCUT2D eigenvalue weighted by Crippen LogP contribution is 2.45. The van der Waals surface area contributed by atoms with Crippen molar-refractivity contribution >= 4 is 0 Å². The lowest BCUT2D eigenvalue weighted by molar-refractivity contribution is -0.140. The van der Waals surface area contributed by atoms with Gasteiger partial charge in [0.2, 0.25) is 0 Å². The molecule has 0 nitrogen and oxygen atoms in total. The molecular weight excluding hydrogens is 400 g/mol. The standard InChI is InChI=1S/C27H40F4/c1-2-3-4-5-6-7-8-20-9-11-21(12-10-20)22-13-15-23(16-14-22)24-17-18-26(28)25(19-24)27(29,30)31/h17-23H,2-16H2,1H3. The van der Waals surface area contributed by atoms with Crippen molar-refractivity contribution in [3.8, 4) is 0 Å². The van der Waals surface area contributed by atoms with Gasteiger partial charge in [0.15, 0.2) is 0 Å². The van der Waals surface area contributed by atoms with Gasteiger partial charge in [0.05, 0.1) is 5.56 Å². The predicted molar refractivity (Wildman–Crippen MR) is 120 cm³/mol. The Labute approximate surface area is 186 Å². The minimum Gasteiger partial charge on any atom is -0.206 e. The molecule has 0 amide bonds. The van der Waals surface area contributed by atoms with Crippen molar-refractivity contribution in [3.63, 3.8) is 0 Å². The maximum atomic E-state index is 13.6. The summed E-state index contributed by atoms with van der Waals surface area (Å²) in [5, 5.41) is 0. The van der Waals surface area contributed by atoms with Crippen molar-refractivity contribution in [2.24, 2.45) is 17.8 Å². The second kappa shape index (κ2) is 11.7. The number of hydrogen-bond acceptors (Lipinski definition) is 0. The average Bonchev–Trinajstić information content (AvgIpc) is 2.76. The van der Waals surface area contributed by atoms with Crippen LogP contribution in [0, 0.1) is 23.6 Å². The number of unbranched alkanes of at least 4 members (excludes halogenated alkanes) is 5. The fourth-order valence-electron chi connectivity index (χ4n) is 6.10. The Kier molecular flexibility index (Phi) is 9.28. The summed E-state index contributed by atoms with van der Waals surface area (Å²) in [5.41, 5.74) is -0.453. The zero-order valence-electron chi connectivity index (χ0n) is 19.2. The van der Waals surface area contributed by atoms with Crippen molar-refractivity contribution in [1.82, 2.24) is 0 Å². The third-order valence-electron chi connectivity index (χ3n) is 8.06. The molecule has 2 aliphatic carbocycles. The third kappa shape index (κ3) is 7.22. The molecule has 0 atom stereocenters. The first kappa shape index (κ1) is 24.6. The second-order valence-electron chi connectivity index (χ2n) is 10.2. The van der Waals surface area contributed by atoms with Crippen LogP contribution in [0.3, 0.4) is 0 Å². The van der Waals surface area contributed by atoms with Crippen LogP contribution in [0.15, 0.2) is 18.2 Å². The number of rotatable bonds is 9. The van der Waals surface area contributed by atoms with Gasteiger partial charge in [-0.2, -0.15) is 13.2 Å². The number of benzene rings is 1. The predicted octanol–water partition coefficient (Wildman–Crippen LogP) is 9.68. The molecule has 0 unspecified atom stereocenters. The molecule has 3 rings (SSSR count). The second-order valence-corrected chi connectivity index (χ2v) is 10.2. The van der Waals surface area contributed by atoms with Crippen LogP contribution in [0.4, 0.5) is 17.6 Å². The minimum absolute atomic E-state index is 0.141. The lowest BCUT2D eigenvalue weighted by Crippen LogP contribution is -2.25. The van der Waals surface area contributed by atoms with Crippen LogP contribution in [-0.2, 0) is 6.18 Å². The molecule has 31 heavy (non-hydrogen) atoms. The van der Waals surface area contributed by atoms with Crippen LogP contribution in [-0.4, -0.2) is 0 Å². The van der Waals surface area contributed by atoms with E-state index in [4.69, 9.17) is 0 Å². The first-order valence-corrected chi connectivity index (χ1v) is 12.7. The summed E-state index contributed by atoms with van der Waals surface area (Å²) >= 11 is 0. The highest BCUT2D eigenvalue weighted by molar-refractivity contribution is 5.30. The van der Waals surface area contributed by atoms with Gasteiger partial charge in [0.25, 0.3) is 0 Å². The molecular formula is C27H40F4. The average molecular weight is 441 g/mol. The Morgan fingerprint density at radius 3 is 1.97 bits per heavy atom. The van der Waals surface area contributed by atoms with E-state index in [1.165, 1.54) is 70.6 Å². The van der Waals surface area contributed by atoms with E-state index in [2.05, 4.69) is 6.92 Å². The van der Waals surface area contributed by atoms with E-state index in [-0.39, 0.29) is 5.92 Å². The van der Waals surface area contributed by atoms with Gasteiger partial charge in [-0.1, -0.05) is 70.8 Å². The summed E-state index contributed by atoms with van der Waals surface area (Å²) < 4.78 is 52.7. The van der Waals surface area contributed by atoms with E-state index in [1.807, 2.05) is 0 Å². The topological polar surface area (TPSA) is 0 Å². The number of hydrogen-bond donors (Lipinski definition) is 0. The molecule has 0 aliphatic heterocycles. The maximum Gasteiger partial charge on any atom is 0.419 e. The Morgan fingerprint density at radius 2 is 1.35 bits per heavy atom. The monoisotopic (exact) mass is 440 g/mol. The molecule has 1 aromatic rings. The molecule has 0 bridgehead atoms. The number of alkyl halides is 3. The van der Waals surface area contributed by atoms with Crippen LogP contribution < -0.4 is 0 Å². The third-order valence-corrected chi connectivity index (χ3v) is 8.06. The van der Waals surface area contributed by atoms with Gasteiger partial charge in [-0.05, 0) is 79.9 Å². The molecule has 0 radical (unpaired) electrons. The summed E-state index contributed by atoms with van der Waals surface area (Å²) in [6.45, 7) is 2.26. The molecule has 0 aromatic heterocycles. The van der Waals surface area contributed by atoms with E-state index in [0.717, 1.165) is 55.6 Å². The van der Waals surface area contributed by atoms with E-state index in [1.54, 1.807) is 6.07 Å². The summed E-state index contributed by atoms with van der Waals surface area (Å²) in [5.74, 6) is 1.43. The van der Waals surface area contributed by atoms with Crippen molar-refractivity contribution in [2.75, 3.05) is 0 Å². The zero-order valence-corrected chi connectivity index (χ0v) is 19.2. The van der Waals surface area contributed by atoms with Gasteiger partial charge < -0.3 is 0 Å². The summed E-state index contributed by atoms with van der Waals surface area (Å²) in [6.07, 6.45) is 14.5. The lowest BCUT2D eigenvalue weighted by atomic mass is 9.68. The SMILES string of the molecule is CCCCCCCCC1CCC(C2CCC(c3ccc(F)c(C(F)(F)F)c3)CC2)CC1. The van der Waals surface area contributed by atoms with Gasteiger partial charge >= 0.3 is 6.18 Å². The zero-order chi connectivity index (χ0) is 22.3. The van der Waals surface area contributed by atoms with E-state index in [9.17, 15) is 17.6 Å². The van der Waals surface area contributed by atoms with Crippen LogP contribution in [0.1, 0.15) is 120 Å². The smallest absolute Gasteiger partial charge is 0.206 e. The number of halogens is 4. The van der Waals surface area contributed by atoms with Crippen LogP contribution >= 0.6 is 0 Å². The van der Waals surface area contributed by atoms with Crippen molar-refractivity contribution < 1.29 is 17.6 Å². The molecule has 2 aliphatic rings. The van der Waals surface area contributed by atoms with Crippen molar-refractivity contribution in [3.05, 3.63) is 35.1 Å². The maximum absolute atomic E-state index is 13.6. The lowest BCUT2D eigenvalue weighted by Gasteiger charge is -2.38. The molecule has 4 heteroatoms. The quantitative estimate of drug-likeness (QED) is 0.265. The molecule has 0 saturated heterocycles. The Morgan fingerprint density at radius 1 is 0.774 bits per heavy atom. The van der Waals surface area contributed by atoms with E-state index < -0.39 is 17.6 Å². The van der Waals surface area contributed by atoms with Crippen molar-refractivity contribution in [1.29, 1.82) is 0 Å². The van der Waals surface area contributed by atoms with E-state index >= 15 is 0 Å². The molecule has 0 N–H and O–H groups in total. The first-order valence-electron chi connectivity index (χ1n) is 12.7. The molecule has 0 spiro atoms. The Bertz CT molecular complexity index is 650. The molecule has 2 fully saturated rings. The highest BCUT2D eigenvalue weighted by Gasteiger charge is 2.36. The fourth-order valence-corrected chi connectivity index (χ4v) is 6.10. The summed E-state index contributed by atoms with van der Waals surface area (Å²) in [4.78, 5) is 0. The van der Waals surface area contributed by atoms with Crippen molar-refractivity contribution in [2.45, 2.75) is 115 Å². The van der Waals surface area contributed by atoms with E-state index in [0.29, 0.717) is 5.56 Å². The largest absolute Gasteiger partial charge is 0.419 e. The van der Waals surface area contributed by atoms with Gasteiger partial charge in [-0.25, -0.2) is 4.39 Å². The van der Waals surface area contributed by atoms with Gasteiger partial charge in [0.1, 0.15) is 5.82 Å². The van der Waals surface area contributed by atoms with Gasteiger partial charge in [0, 0.05) is 0 Å². The molecule has 0 heterocycles. The molecule has 1 aromatic carbocycles. The highest BCUT2D eigenvalue weighted by atomic mass is 19.4. The van der Waals surface area contributed by atoms with Crippen LogP contribution in [0.5, 0.6) is 0 Å². The van der Waals surface area contributed by atoms with Crippen LogP contribution in [0.25, 0.3) is 0 Å². The minimum atomic E-state index is -4.62. The molecule has 176 valence electrons. The first-order chi connectivity index (χ1) is 14.9. The Balaban J connectivity index is 1.39. The Hall–Kier alpha value is -1.06. The molecule has 2 saturated carbocycles. The summed E-state index contributed by atoms with van der Waals surface area (Å²) in [7, 11) is 0. The summed E-state index contributed by atoms with van der Waals surface area (Å²) in [6, 6.07) is 3.60. The van der Waals surface area contributed by atoms with Gasteiger partial charge in [-0.3, -0.25) is 0 Å².